The molecule has 0 unspecified atom stereocenters. The van der Waals surface area contributed by atoms with Crippen molar-refractivity contribution in [2.75, 3.05) is 14.1 Å². The quantitative estimate of drug-likeness (QED) is 0.799. The lowest BCUT2D eigenvalue weighted by atomic mass is 9.79. The summed E-state index contributed by atoms with van der Waals surface area (Å²) in [5.41, 5.74) is 0. The van der Waals surface area contributed by atoms with E-state index in [2.05, 4.69) is 30.1 Å². The van der Waals surface area contributed by atoms with Gasteiger partial charge >= 0.3 is 0 Å². The van der Waals surface area contributed by atoms with Gasteiger partial charge in [0.25, 0.3) is 0 Å². The molecule has 0 bridgehead atoms. The van der Waals surface area contributed by atoms with E-state index in [1.807, 2.05) is 21.1 Å². The van der Waals surface area contributed by atoms with Gasteiger partial charge in [0.2, 0.25) is 5.91 Å². The monoisotopic (exact) mass is 366 g/mol. The van der Waals surface area contributed by atoms with Crippen LogP contribution in [0, 0.1) is 0 Å². The van der Waals surface area contributed by atoms with Crippen molar-refractivity contribution in [2.24, 2.45) is 7.05 Å². The summed E-state index contributed by atoms with van der Waals surface area (Å²) in [6.07, 6.45) is 2.66. The molecule has 1 saturated carbocycles. The Hall–Kier alpha value is -1.93. The maximum absolute atomic E-state index is 12.0. The van der Waals surface area contributed by atoms with Gasteiger partial charge in [-0.1, -0.05) is 16.8 Å². The van der Waals surface area contributed by atoms with Crippen LogP contribution >= 0.6 is 11.6 Å². The summed E-state index contributed by atoms with van der Waals surface area (Å²) in [5.74, 6) is 2.95. The van der Waals surface area contributed by atoms with Gasteiger partial charge in [0.1, 0.15) is 17.4 Å². The molecule has 0 saturated heterocycles. The first-order valence-electron chi connectivity index (χ1n) is 8.35. The van der Waals surface area contributed by atoms with Gasteiger partial charge in [0.05, 0.1) is 6.54 Å². The Morgan fingerprint density at radius 2 is 2.20 bits per heavy atom. The first kappa shape index (κ1) is 17.9. The second-order valence-electron chi connectivity index (χ2n) is 6.82. The van der Waals surface area contributed by atoms with Crippen molar-refractivity contribution >= 4 is 17.5 Å². The molecular formula is C16H23ClN6O2. The molecule has 0 spiro atoms. The Kier molecular flexibility index (Phi) is 5.39. The summed E-state index contributed by atoms with van der Waals surface area (Å²) >= 11 is 5.69. The Morgan fingerprint density at radius 3 is 2.84 bits per heavy atom. The number of hydrogen-bond donors (Lipinski definition) is 1. The van der Waals surface area contributed by atoms with Crippen LogP contribution in [-0.2, 0) is 24.8 Å². The summed E-state index contributed by atoms with van der Waals surface area (Å²) < 4.78 is 7.06. The summed E-state index contributed by atoms with van der Waals surface area (Å²) in [4.78, 5) is 14.1. The molecule has 2 aromatic rings. The molecule has 25 heavy (non-hydrogen) atoms. The van der Waals surface area contributed by atoms with Crippen LogP contribution in [0.25, 0.3) is 0 Å². The Morgan fingerprint density at radius 1 is 1.44 bits per heavy atom. The number of nitrogens with one attached hydrogen (secondary N) is 1. The first-order valence-corrected chi connectivity index (χ1v) is 8.73. The lowest BCUT2D eigenvalue weighted by Crippen LogP contribution is -2.44. The Bertz CT molecular complexity index is 735. The van der Waals surface area contributed by atoms with E-state index in [1.165, 1.54) is 0 Å². The van der Waals surface area contributed by atoms with Crippen LogP contribution in [0.5, 0.6) is 0 Å². The van der Waals surface area contributed by atoms with Gasteiger partial charge in [-0.05, 0) is 26.9 Å². The third-order valence-electron chi connectivity index (χ3n) is 4.45. The fraction of sp³-hybridized carbons (Fsp3) is 0.625. The van der Waals surface area contributed by atoms with Crippen molar-refractivity contribution in [3.63, 3.8) is 0 Å². The van der Waals surface area contributed by atoms with E-state index in [0.29, 0.717) is 29.7 Å². The zero-order chi connectivity index (χ0) is 18.0. The third-order valence-corrected chi connectivity index (χ3v) is 4.63. The summed E-state index contributed by atoms with van der Waals surface area (Å²) in [6, 6.07) is 1.83. The fourth-order valence-electron chi connectivity index (χ4n) is 3.04. The number of aromatic nitrogens is 4. The van der Waals surface area contributed by atoms with Crippen LogP contribution in [0.3, 0.4) is 0 Å². The fourth-order valence-corrected chi connectivity index (χ4v) is 3.20. The van der Waals surface area contributed by atoms with Crippen LogP contribution in [0.15, 0.2) is 10.6 Å². The lowest BCUT2D eigenvalue weighted by molar-refractivity contribution is -0.122. The van der Waals surface area contributed by atoms with Gasteiger partial charge in [0, 0.05) is 37.9 Å². The van der Waals surface area contributed by atoms with E-state index in [1.54, 1.807) is 6.07 Å². The van der Waals surface area contributed by atoms with E-state index >= 15 is 0 Å². The Labute approximate surface area is 151 Å². The highest BCUT2D eigenvalue weighted by Gasteiger charge is 2.34. The normalized spacial score (nSPS) is 19.9. The van der Waals surface area contributed by atoms with Gasteiger partial charge in [-0.2, -0.15) is 0 Å². The molecule has 0 aliphatic heterocycles. The van der Waals surface area contributed by atoms with E-state index in [-0.39, 0.29) is 11.9 Å². The molecule has 1 aliphatic rings. The maximum Gasteiger partial charge on any atom is 0.220 e. The minimum absolute atomic E-state index is 0.0160. The van der Waals surface area contributed by atoms with Gasteiger partial charge < -0.3 is 19.3 Å². The molecule has 8 nitrogen and oxygen atoms in total. The average Bonchev–Trinajstić information content (AvgIpc) is 3.07. The smallest absolute Gasteiger partial charge is 0.220 e. The highest BCUT2D eigenvalue weighted by molar-refractivity contribution is 6.29. The third kappa shape index (κ3) is 4.38. The number of aryl methyl sites for hydroxylation is 1. The zero-order valence-electron chi connectivity index (χ0n) is 14.7. The van der Waals surface area contributed by atoms with Crippen molar-refractivity contribution in [2.45, 2.75) is 44.2 Å². The van der Waals surface area contributed by atoms with Crippen molar-refractivity contribution < 1.29 is 9.32 Å². The van der Waals surface area contributed by atoms with Gasteiger partial charge in [-0.15, -0.1) is 10.2 Å². The largest absolute Gasteiger partial charge is 0.360 e. The van der Waals surface area contributed by atoms with Gasteiger partial charge in [-0.25, -0.2) is 0 Å². The number of hydrogen-bond acceptors (Lipinski definition) is 6. The molecular weight excluding hydrogens is 344 g/mol. The molecule has 9 heteroatoms. The second kappa shape index (κ2) is 7.53. The second-order valence-corrected chi connectivity index (χ2v) is 7.21. The molecule has 0 radical (unpaired) electrons. The summed E-state index contributed by atoms with van der Waals surface area (Å²) in [5, 5.41) is 15.6. The molecule has 0 aromatic carbocycles. The lowest BCUT2D eigenvalue weighted by Gasteiger charge is -2.35. The van der Waals surface area contributed by atoms with Gasteiger partial charge in [0.15, 0.2) is 5.15 Å². The van der Waals surface area contributed by atoms with Gasteiger partial charge in [-0.3, -0.25) is 4.79 Å². The predicted octanol–water partition coefficient (Wildman–Crippen LogP) is 1.51. The predicted molar refractivity (Wildman–Crippen MR) is 92.1 cm³/mol. The minimum atomic E-state index is 0.0160. The number of amides is 1. The highest BCUT2D eigenvalue weighted by atomic mass is 35.5. The topological polar surface area (TPSA) is 89.1 Å². The maximum atomic E-state index is 12.0. The van der Waals surface area contributed by atoms with Crippen molar-refractivity contribution in [1.82, 2.24) is 30.1 Å². The van der Waals surface area contributed by atoms with E-state index in [9.17, 15) is 4.79 Å². The molecule has 1 amide bonds. The number of carbonyl (C=O) groups excluding carboxylic acids is 1. The van der Waals surface area contributed by atoms with Crippen molar-refractivity contribution in [3.8, 4) is 0 Å². The minimum Gasteiger partial charge on any atom is -0.360 e. The number of halogens is 1. The number of nitrogens with zero attached hydrogens (tertiary/aromatic N) is 5. The number of rotatable bonds is 7. The SMILES string of the molecule is CN(C)Cc1nnc(C2CC(NC(=O)CCc3cc(Cl)no3)C2)n1C. The molecule has 136 valence electrons. The van der Waals surface area contributed by atoms with Crippen LogP contribution in [0.4, 0.5) is 0 Å². The van der Waals surface area contributed by atoms with Crippen LogP contribution in [0.2, 0.25) is 5.15 Å². The molecule has 1 N–H and O–H groups in total. The number of carbonyl (C=O) groups is 1. The molecule has 1 aliphatic carbocycles. The van der Waals surface area contributed by atoms with E-state index < -0.39 is 0 Å². The highest BCUT2D eigenvalue weighted by Crippen LogP contribution is 2.36. The van der Waals surface area contributed by atoms with Crippen LogP contribution < -0.4 is 5.32 Å². The van der Waals surface area contributed by atoms with E-state index in [0.717, 1.165) is 31.0 Å². The Balaban J connectivity index is 1.43. The molecule has 0 atom stereocenters. The van der Waals surface area contributed by atoms with Crippen molar-refractivity contribution in [3.05, 3.63) is 28.6 Å². The zero-order valence-corrected chi connectivity index (χ0v) is 15.5. The summed E-state index contributed by atoms with van der Waals surface area (Å²) in [6.45, 7) is 0.766. The van der Waals surface area contributed by atoms with E-state index in [4.69, 9.17) is 16.1 Å². The van der Waals surface area contributed by atoms with Crippen LogP contribution in [-0.4, -0.2) is 50.9 Å². The average molecular weight is 367 g/mol. The molecule has 2 heterocycles. The van der Waals surface area contributed by atoms with Crippen LogP contribution in [0.1, 0.15) is 42.6 Å². The first-order chi connectivity index (χ1) is 11.9. The molecule has 1 fully saturated rings. The standard InChI is InChI=1S/C16H23ClN6O2/c1-22(2)9-14-19-20-16(23(14)3)10-6-11(7-10)18-15(24)5-4-12-8-13(17)21-25-12/h8,10-11H,4-7,9H2,1-3H3,(H,18,24). The summed E-state index contributed by atoms with van der Waals surface area (Å²) in [7, 11) is 6.02. The molecule has 2 aromatic heterocycles. The molecule has 3 rings (SSSR count). The van der Waals surface area contributed by atoms with Crippen molar-refractivity contribution in [1.29, 1.82) is 0 Å².